The van der Waals surface area contributed by atoms with Gasteiger partial charge in [0.1, 0.15) is 0 Å². The lowest BCUT2D eigenvalue weighted by Crippen LogP contribution is -2.29. The maximum Gasteiger partial charge on any atom is 0.302 e. The van der Waals surface area contributed by atoms with Gasteiger partial charge in [0.25, 0.3) is 0 Å². The number of carbonyl (C=O) groups is 2. The monoisotopic (exact) mass is 504 g/mol. The molecule has 0 N–H and O–H groups in total. The first kappa shape index (κ1) is 28.6. The molecule has 0 unspecified atom stereocenters. The van der Waals surface area contributed by atoms with Crippen molar-refractivity contribution in [3.8, 4) is 28.7 Å². The van der Waals surface area contributed by atoms with Crippen LogP contribution in [-0.4, -0.2) is 60.7 Å². The first-order valence-electron chi connectivity index (χ1n) is 11.5. The Hall–Kier alpha value is -3.62. The van der Waals surface area contributed by atoms with E-state index >= 15 is 0 Å². The molecule has 36 heavy (non-hydrogen) atoms. The van der Waals surface area contributed by atoms with Crippen LogP contribution >= 0.6 is 0 Å². The Kier molecular flexibility index (Phi) is 11.2. The molecule has 198 valence electrons. The van der Waals surface area contributed by atoms with E-state index in [4.69, 9.17) is 33.2 Å². The molecule has 2 rings (SSSR count). The number of hydrogen-bond donors (Lipinski definition) is 0. The Morgan fingerprint density at radius 3 is 1.47 bits per heavy atom. The van der Waals surface area contributed by atoms with E-state index in [1.807, 2.05) is 30.3 Å². The lowest BCUT2D eigenvalue weighted by molar-refractivity contribution is -0.147. The predicted molar refractivity (Wildman–Crippen MR) is 133 cm³/mol. The van der Waals surface area contributed by atoms with Gasteiger partial charge in [0, 0.05) is 25.7 Å². The Labute approximate surface area is 212 Å². The highest BCUT2D eigenvalue weighted by atomic mass is 16.5. The molecule has 0 spiro atoms. The molecule has 0 amide bonds. The van der Waals surface area contributed by atoms with Crippen molar-refractivity contribution < 1.29 is 42.7 Å². The topological polar surface area (TPSA) is 98.8 Å². The second-order valence-corrected chi connectivity index (χ2v) is 8.26. The third-order valence-corrected chi connectivity index (χ3v) is 5.84. The number of rotatable bonds is 14. The van der Waals surface area contributed by atoms with Gasteiger partial charge < -0.3 is 33.2 Å². The van der Waals surface area contributed by atoms with Crippen LogP contribution in [0.25, 0.3) is 0 Å². The largest absolute Gasteiger partial charge is 0.493 e. The minimum absolute atomic E-state index is 0.144. The molecule has 2 aromatic rings. The van der Waals surface area contributed by atoms with E-state index in [-0.39, 0.29) is 37.0 Å². The number of hydrogen-bond acceptors (Lipinski definition) is 9. The minimum atomic E-state index is -0.387. The van der Waals surface area contributed by atoms with Crippen LogP contribution in [0.3, 0.4) is 0 Å². The number of ether oxygens (including phenoxy) is 7. The summed E-state index contributed by atoms with van der Waals surface area (Å²) < 4.78 is 38.1. The first-order valence-corrected chi connectivity index (χ1v) is 11.5. The Bertz CT molecular complexity index is 993. The van der Waals surface area contributed by atoms with Gasteiger partial charge in [0.15, 0.2) is 23.0 Å². The summed E-state index contributed by atoms with van der Waals surface area (Å²) in [5.74, 6) is 1.61. The first-order chi connectivity index (χ1) is 17.3. The Morgan fingerprint density at radius 2 is 1.06 bits per heavy atom. The second kappa shape index (κ2) is 14.1. The second-order valence-electron chi connectivity index (χ2n) is 8.26. The summed E-state index contributed by atoms with van der Waals surface area (Å²) in [6, 6.07) is 9.38. The number of esters is 2. The molecule has 0 aliphatic carbocycles. The molecule has 0 aliphatic rings. The van der Waals surface area contributed by atoms with Gasteiger partial charge in [-0.3, -0.25) is 9.59 Å². The lowest BCUT2D eigenvalue weighted by atomic mass is 9.83. The molecular formula is C27H36O9. The minimum Gasteiger partial charge on any atom is -0.493 e. The average Bonchev–Trinajstić information content (AvgIpc) is 2.87. The van der Waals surface area contributed by atoms with Crippen molar-refractivity contribution in [3.63, 3.8) is 0 Å². The molecule has 0 radical (unpaired) electrons. The van der Waals surface area contributed by atoms with E-state index in [2.05, 4.69) is 0 Å². The maximum absolute atomic E-state index is 11.7. The average molecular weight is 505 g/mol. The molecule has 0 aliphatic heterocycles. The van der Waals surface area contributed by atoms with Gasteiger partial charge in [-0.05, 0) is 48.2 Å². The Balaban J connectivity index is 2.45. The summed E-state index contributed by atoms with van der Waals surface area (Å²) in [6.07, 6.45) is 1.05. The summed E-state index contributed by atoms with van der Waals surface area (Å²) in [5.41, 5.74) is 1.85. The van der Waals surface area contributed by atoms with Gasteiger partial charge in [-0.15, -0.1) is 0 Å². The van der Waals surface area contributed by atoms with E-state index in [1.165, 1.54) is 13.8 Å². The van der Waals surface area contributed by atoms with Gasteiger partial charge >= 0.3 is 11.9 Å². The van der Waals surface area contributed by atoms with Gasteiger partial charge in [-0.1, -0.05) is 6.07 Å². The molecular weight excluding hydrogens is 468 g/mol. The summed E-state index contributed by atoms with van der Waals surface area (Å²) in [4.78, 5) is 23.4. The van der Waals surface area contributed by atoms with E-state index in [0.717, 1.165) is 11.1 Å². The number of carbonyl (C=O) groups excluding carboxylic acids is 2. The summed E-state index contributed by atoms with van der Waals surface area (Å²) in [5, 5.41) is 0. The molecule has 0 saturated carbocycles. The van der Waals surface area contributed by atoms with E-state index < -0.39 is 0 Å². The zero-order chi connectivity index (χ0) is 26.7. The number of methoxy groups -OCH3 is 5. The van der Waals surface area contributed by atoms with E-state index in [9.17, 15) is 9.59 Å². The predicted octanol–water partition coefficient (Wildman–Crippen LogP) is 3.87. The smallest absolute Gasteiger partial charge is 0.302 e. The van der Waals surface area contributed by atoms with Crippen molar-refractivity contribution in [2.75, 3.05) is 48.8 Å². The van der Waals surface area contributed by atoms with Gasteiger partial charge in [0.2, 0.25) is 5.75 Å². The molecule has 0 aromatic heterocycles. The molecule has 0 bridgehead atoms. The van der Waals surface area contributed by atoms with E-state index in [0.29, 0.717) is 41.6 Å². The van der Waals surface area contributed by atoms with Gasteiger partial charge in [0.05, 0.1) is 48.8 Å². The van der Waals surface area contributed by atoms with Crippen LogP contribution in [-0.2, 0) is 31.9 Å². The number of benzene rings is 2. The van der Waals surface area contributed by atoms with Crippen molar-refractivity contribution in [1.82, 2.24) is 0 Å². The van der Waals surface area contributed by atoms with Crippen molar-refractivity contribution in [2.45, 2.75) is 26.7 Å². The van der Waals surface area contributed by atoms with Crippen LogP contribution in [0.5, 0.6) is 28.7 Å². The van der Waals surface area contributed by atoms with Crippen LogP contribution in [0.1, 0.15) is 25.0 Å². The highest BCUT2D eigenvalue weighted by Gasteiger charge is 2.27. The maximum atomic E-state index is 11.7. The quantitative estimate of drug-likeness (QED) is 0.355. The lowest BCUT2D eigenvalue weighted by Gasteiger charge is -2.27. The van der Waals surface area contributed by atoms with Crippen LogP contribution in [0.15, 0.2) is 30.3 Å². The molecule has 0 fully saturated rings. The third-order valence-electron chi connectivity index (χ3n) is 5.84. The molecule has 2 aromatic carbocycles. The van der Waals surface area contributed by atoms with Crippen LogP contribution < -0.4 is 23.7 Å². The standard InChI is InChI=1S/C27H36O9/c1-17(28)35-15-21(10-19-8-9-23(30-3)24(12-19)31-4)22(16-36-18(2)29)11-20-13-25(32-5)27(34-7)26(14-20)33-6/h8-9,12-14,21-22H,10-11,15-16H2,1-7H3/t21-,22-/m0/s1. The zero-order valence-electron chi connectivity index (χ0n) is 22.0. The molecule has 0 saturated heterocycles. The van der Waals surface area contributed by atoms with Crippen molar-refractivity contribution in [2.24, 2.45) is 11.8 Å². The summed E-state index contributed by atoms with van der Waals surface area (Å²) >= 11 is 0. The van der Waals surface area contributed by atoms with Crippen molar-refractivity contribution in [3.05, 3.63) is 41.5 Å². The van der Waals surface area contributed by atoms with E-state index in [1.54, 1.807) is 35.5 Å². The molecule has 9 heteroatoms. The SMILES string of the molecule is COc1ccc(C[C@@H](COC(C)=O)[C@H](COC(C)=O)Cc2cc(OC)c(OC)c(OC)c2)cc1OC. The summed E-state index contributed by atoms with van der Waals surface area (Å²) in [6.45, 7) is 3.03. The highest BCUT2D eigenvalue weighted by molar-refractivity contribution is 5.66. The Morgan fingerprint density at radius 1 is 0.611 bits per heavy atom. The fraction of sp³-hybridized carbons (Fsp3) is 0.481. The molecule has 9 nitrogen and oxygen atoms in total. The van der Waals surface area contributed by atoms with Crippen molar-refractivity contribution in [1.29, 1.82) is 0 Å². The third kappa shape index (κ3) is 7.96. The fourth-order valence-corrected chi connectivity index (χ4v) is 4.04. The van der Waals surface area contributed by atoms with Gasteiger partial charge in [-0.25, -0.2) is 0 Å². The zero-order valence-corrected chi connectivity index (χ0v) is 22.0. The summed E-state index contributed by atoms with van der Waals surface area (Å²) in [7, 11) is 7.80. The highest BCUT2D eigenvalue weighted by Crippen LogP contribution is 2.39. The van der Waals surface area contributed by atoms with Crippen LogP contribution in [0, 0.1) is 11.8 Å². The molecule has 2 atom stereocenters. The van der Waals surface area contributed by atoms with Crippen LogP contribution in [0.2, 0.25) is 0 Å². The fourth-order valence-electron chi connectivity index (χ4n) is 4.04. The molecule has 0 heterocycles. The normalized spacial score (nSPS) is 12.2. The van der Waals surface area contributed by atoms with Gasteiger partial charge in [-0.2, -0.15) is 0 Å². The van der Waals surface area contributed by atoms with Crippen molar-refractivity contribution >= 4 is 11.9 Å². The van der Waals surface area contributed by atoms with Crippen LogP contribution in [0.4, 0.5) is 0 Å².